The molecule has 2 rings (SSSR count). The average molecular weight is 256 g/mol. The summed E-state index contributed by atoms with van der Waals surface area (Å²) in [5.41, 5.74) is 8.11. The van der Waals surface area contributed by atoms with Gasteiger partial charge in [0.05, 0.1) is 15.5 Å². The monoisotopic (exact) mass is 256 g/mol. The van der Waals surface area contributed by atoms with E-state index in [0.717, 1.165) is 16.0 Å². The van der Waals surface area contributed by atoms with Gasteiger partial charge in [0.2, 0.25) is 0 Å². The highest BCUT2D eigenvalue weighted by molar-refractivity contribution is 8.07. The van der Waals surface area contributed by atoms with Crippen LogP contribution < -0.4 is 5.73 Å². The van der Waals surface area contributed by atoms with Gasteiger partial charge in [-0.1, -0.05) is 42.1 Å². The molecule has 0 atom stereocenters. The quantitative estimate of drug-likeness (QED) is 0.785. The molecule has 0 unspecified atom stereocenters. The number of allylic oxidation sites excluding steroid dienone is 3. The fraction of sp³-hybridized carbons (Fsp3) is 0. The summed E-state index contributed by atoms with van der Waals surface area (Å²) >= 11 is 6.07. The fourth-order valence-electron chi connectivity index (χ4n) is 1.55. The number of rotatable bonds is 1. The van der Waals surface area contributed by atoms with Crippen LogP contribution >= 0.6 is 24.0 Å². The SMILES string of the molecule is N#CC1=C(N)SC(=C=S)C=C1c1ccccc1. The van der Waals surface area contributed by atoms with E-state index in [2.05, 4.69) is 11.1 Å². The highest BCUT2D eigenvalue weighted by atomic mass is 32.2. The first kappa shape index (κ1) is 11.7. The van der Waals surface area contributed by atoms with E-state index in [1.165, 1.54) is 11.8 Å². The smallest absolute Gasteiger partial charge is 0.103 e. The predicted octanol–water partition coefficient (Wildman–Crippen LogP) is 2.99. The van der Waals surface area contributed by atoms with Gasteiger partial charge >= 0.3 is 0 Å². The molecular formula is C13H8N2S2. The Balaban J connectivity index is 2.61. The van der Waals surface area contributed by atoms with Gasteiger partial charge in [-0.15, -0.1) is 0 Å². The van der Waals surface area contributed by atoms with Crippen molar-refractivity contribution in [2.24, 2.45) is 5.73 Å². The molecule has 1 heterocycles. The minimum atomic E-state index is 0.473. The molecule has 17 heavy (non-hydrogen) atoms. The Morgan fingerprint density at radius 3 is 2.53 bits per heavy atom. The Morgan fingerprint density at radius 2 is 1.94 bits per heavy atom. The summed E-state index contributed by atoms with van der Waals surface area (Å²) in [4.78, 5) is 0.760. The van der Waals surface area contributed by atoms with Crippen molar-refractivity contribution in [2.45, 2.75) is 0 Å². The van der Waals surface area contributed by atoms with Crippen LogP contribution in [0.3, 0.4) is 0 Å². The fourth-order valence-corrected chi connectivity index (χ4v) is 2.44. The Labute approximate surface area is 109 Å². The summed E-state index contributed by atoms with van der Waals surface area (Å²) in [5.74, 6) is 0. The number of benzene rings is 1. The average Bonchev–Trinajstić information content (AvgIpc) is 2.38. The van der Waals surface area contributed by atoms with Crippen molar-refractivity contribution in [3.05, 3.63) is 57.5 Å². The molecule has 0 bridgehead atoms. The third kappa shape index (κ3) is 2.32. The number of thiocarbonyl (C=S) groups is 1. The molecule has 1 aromatic rings. The molecule has 0 radical (unpaired) electrons. The van der Waals surface area contributed by atoms with Gasteiger partial charge < -0.3 is 5.73 Å². The van der Waals surface area contributed by atoms with E-state index in [9.17, 15) is 0 Å². The molecule has 0 aliphatic carbocycles. The van der Waals surface area contributed by atoms with E-state index >= 15 is 0 Å². The number of thioether (sulfide) groups is 1. The molecule has 2 nitrogen and oxygen atoms in total. The summed E-state index contributed by atoms with van der Waals surface area (Å²) in [7, 11) is 0. The van der Waals surface area contributed by atoms with Crippen LogP contribution in [0.4, 0.5) is 0 Å². The summed E-state index contributed by atoms with van der Waals surface area (Å²) < 4.78 is 0. The molecule has 2 N–H and O–H groups in total. The highest BCUT2D eigenvalue weighted by Crippen LogP contribution is 2.37. The van der Waals surface area contributed by atoms with Gasteiger partial charge in [0.1, 0.15) is 6.07 Å². The molecule has 1 aromatic carbocycles. The van der Waals surface area contributed by atoms with E-state index in [-0.39, 0.29) is 0 Å². The first-order valence-electron chi connectivity index (χ1n) is 4.86. The summed E-state index contributed by atoms with van der Waals surface area (Å²) in [6.07, 6.45) is 1.85. The van der Waals surface area contributed by atoms with Crippen LogP contribution in [-0.2, 0) is 0 Å². The van der Waals surface area contributed by atoms with Crippen LogP contribution in [0.5, 0.6) is 0 Å². The maximum atomic E-state index is 9.15. The molecule has 1 aliphatic rings. The lowest BCUT2D eigenvalue weighted by Gasteiger charge is -2.15. The summed E-state index contributed by atoms with van der Waals surface area (Å²) in [5, 5.41) is 12.3. The zero-order valence-electron chi connectivity index (χ0n) is 8.81. The number of nitrogens with zero attached hydrogens (tertiary/aromatic N) is 1. The minimum absolute atomic E-state index is 0.473. The highest BCUT2D eigenvalue weighted by Gasteiger charge is 2.18. The zero-order valence-corrected chi connectivity index (χ0v) is 10.4. The van der Waals surface area contributed by atoms with E-state index in [1.807, 2.05) is 36.4 Å². The molecule has 0 fully saturated rings. The second-order valence-electron chi connectivity index (χ2n) is 3.34. The molecule has 0 saturated carbocycles. The van der Waals surface area contributed by atoms with Gasteiger partial charge in [0, 0.05) is 5.57 Å². The Morgan fingerprint density at radius 1 is 1.24 bits per heavy atom. The first-order chi connectivity index (χ1) is 8.26. The Bertz CT molecular complexity index is 600. The topological polar surface area (TPSA) is 49.8 Å². The Hall–Kier alpha value is -1.79. The number of nitriles is 1. The van der Waals surface area contributed by atoms with Crippen molar-refractivity contribution >= 4 is 34.6 Å². The molecule has 0 aromatic heterocycles. The minimum Gasteiger partial charge on any atom is -0.392 e. The van der Waals surface area contributed by atoms with E-state index in [1.54, 1.807) is 0 Å². The van der Waals surface area contributed by atoms with Gasteiger partial charge in [-0.05, 0) is 28.9 Å². The molecule has 0 spiro atoms. The third-order valence-corrected chi connectivity index (χ3v) is 3.52. The van der Waals surface area contributed by atoms with Gasteiger partial charge in [0.15, 0.2) is 0 Å². The first-order valence-corrected chi connectivity index (χ1v) is 6.09. The van der Waals surface area contributed by atoms with Gasteiger partial charge in [-0.25, -0.2) is 0 Å². The van der Waals surface area contributed by atoms with Crippen molar-refractivity contribution in [3.8, 4) is 6.07 Å². The molecule has 0 amide bonds. The number of hydrogen-bond acceptors (Lipinski definition) is 4. The van der Waals surface area contributed by atoms with Crippen molar-refractivity contribution in [1.82, 2.24) is 0 Å². The molecule has 0 saturated heterocycles. The van der Waals surface area contributed by atoms with Crippen LogP contribution in [0.1, 0.15) is 5.56 Å². The standard InChI is InChI=1S/C13H8N2S2/c14-7-12-11(9-4-2-1-3-5-9)6-10(8-16)17-13(12)15/h1-6H,15H2. The maximum absolute atomic E-state index is 9.15. The lowest BCUT2D eigenvalue weighted by Crippen LogP contribution is -2.04. The van der Waals surface area contributed by atoms with E-state index < -0.39 is 0 Å². The predicted molar refractivity (Wildman–Crippen MR) is 74.9 cm³/mol. The van der Waals surface area contributed by atoms with Crippen molar-refractivity contribution in [1.29, 1.82) is 5.26 Å². The molecule has 82 valence electrons. The van der Waals surface area contributed by atoms with Crippen molar-refractivity contribution in [2.75, 3.05) is 0 Å². The van der Waals surface area contributed by atoms with Gasteiger partial charge in [-0.2, -0.15) is 5.26 Å². The van der Waals surface area contributed by atoms with Crippen LogP contribution in [0.15, 0.2) is 51.9 Å². The van der Waals surface area contributed by atoms with Crippen LogP contribution in [-0.4, -0.2) is 5.02 Å². The van der Waals surface area contributed by atoms with Crippen LogP contribution in [0.25, 0.3) is 5.57 Å². The number of hydrogen-bond donors (Lipinski definition) is 1. The van der Waals surface area contributed by atoms with Crippen molar-refractivity contribution < 1.29 is 0 Å². The van der Waals surface area contributed by atoms with Gasteiger partial charge in [-0.3, -0.25) is 0 Å². The van der Waals surface area contributed by atoms with Crippen LogP contribution in [0.2, 0.25) is 0 Å². The Kier molecular flexibility index (Phi) is 3.46. The second-order valence-corrected chi connectivity index (χ2v) is 4.63. The van der Waals surface area contributed by atoms with E-state index in [0.29, 0.717) is 10.6 Å². The maximum Gasteiger partial charge on any atom is 0.103 e. The second kappa shape index (κ2) is 5.03. The lowest BCUT2D eigenvalue weighted by atomic mass is 9.98. The zero-order chi connectivity index (χ0) is 12.3. The number of nitrogens with two attached hydrogens (primary N) is 1. The molecule has 4 heteroatoms. The molecular weight excluding hydrogens is 248 g/mol. The third-order valence-electron chi connectivity index (χ3n) is 2.31. The molecule has 1 aliphatic heterocycles. The normalized spacial score (nSPS) is 15.0. The van der Waals surface area contributed by atoms with Crippen LogP contribution in [0, 0.1) is 11.3 Å². The summed E-state index contributed by atoms with van der Waals surface area (Å²) in [6, 6.07) is 11.8. The largest absolute Gasteiger partial charge is 0.392 e. The lowest BCUT2D eigenvalue weighted by molar-refractivity contribution is 1.42. The van der Waals surface area contributed by atoms with Gasteiger partial charge in [0.25, 0.3) is 0 Å². The van der Waals surface area contributed by atoms with Crippen molar-refractivity contribution in [3.63, 3.8) is 0 Å². The summed E-state index contributed by atoms with van der Waals surface area (Å²) in [6.45, 7) is 0. The van der Waals surface area contributed by atoms with E-state index in [4.69, 9.17) is 23.2 Å².